The fourth-order valence-electron chi connectivity index (χ4n) is 1.76. The topological polar surface area (TPSA) is 95.3 Å². The predicted molar refractivity (Wildman–Crippen MR) is 68.1 cm³/mol. The SMILES string of the molecule is Cc1cc(NC(=O)CCc2ccco2)c(C(=O)O)[nH]1. The van der Waals surface area contributed by atoms with Crippen LogP contribution in [0.15, 0.2) is 28.9 Å². The number of H-pyrrole nitrogens is 1. The molecule has 1 amide bonds. The molecule has 0 aliphatic carbocycles. The van der Waals surface area contributed by atoms with E-state index in [-0.39, 0.29) is 23.7 Å². The van der Waals surface area contributed by atoms with E-state index >= 15 is 0 Å². The third kappa shape index (κ3) is 3.25. The van der Waals surface area contributed by atoms with Gasteiger partial charge in [-0.15, -0.1) is 0 Å². The van der Waals surface area contributed by atoms with Gasteiger partial charge in [0.2, 0.25) is 5.91 Å². The molecule has 0 spiro atoms. The largest absolute Gasteiger partial charge is 0.477 e. The fourth-order valence-corrected chi connectivity index (χ4v) is 1.76. The molecule has 0 aliphatic heterocycles. The lowest BCUT2D eigenvalue weighted by molar-refractivity contribution is -0.116. The van der Waals surface area contributed by atoms with Crippen LogP contribution in [0.25, 0.3) is 0 Å². The van der Waals surface area contributed by atoms with Crippen molar-refractivity contribution in [3.8, 4) is 0 Å². The van der Waals surface area contributed by atoms with Gasteiger partial charge in [0.05, 0.1) is 12.0 Å². The van der Waals surface area contributed by atoms with Gasteiger partial charge in [-0.3, -0.25) is 4.79 Å². The minimum Gasteiger partial charge on any atom is -0.477 e. The summed E-state index contributed by atoms with van der Waals surface area (Å²) in [7, 11) is 0. The molecule has 2 heterocycles. The van der Waals surface area contributed by atoms with E-state index < -0.39 is 5.97 Å². The lowest BCUT2D eigenvalue weighted by atomic mass is 10.2. The highest BCUT2D eigenvalue weighted by Crippen LogP contribution is 2.17. The monoisotopic (exact) mass is 262 g/mol. The van der Waals surface area contributed by atoms with Crippen molar-refractivity contribution in [3.05, 3.63) is 41.6 Å². The number of hydrogen-bond acceptors (Lipinski definition) is 3. The number of amides is 1. The number of furan rings is 1. The first-order chi connectivity index (χ1) is 9.06. The maximum absolute atomic E-state index is 11.7. The normalized spacial score (nSPS) is 10.4. The average Bonchev–Trinajstić information content (AvgIpc) is 2.96. The zero-order valence-corrected chi connectivity index (χ0v) is 10.4. The number of carbonyl (C=O) groups is 2. The molecule has 2 rings (SSSR count). The molecule has 0 atom stereocenters. The van der Waals surface area contributed by atoms with Crippen LogP contribution < -0.4 is 5.32 Å². The van der Waals surface area contributed by atoms with E-state index in [9.17, 15) is 9.59 Å². The Bertz CT molecular complexity index is 584. The van der Waals surface area contributed by atoms with Crippen LogP contribution in [-0.4, -0.2) is 22.0 Å². The summed E-state index contributed by atoms with van der Waals surface area (Å²) >= 11 is 0. The molecule has 0 saturated carbocycles. The molecule has 0 aromatic carbocycles. The Morgan fingerprint density at radius 1 is 1.47 bits per heavy atom. The maximum atomic E-state index is 11.7. The van der Waals surface area contributed by atoms with E-state index in [4.69, 9.17) is 9.52 Å². The summed E-state index contributed by atoms with van der Waals surface area (Å²) < 4.78 is 5.12. The van der Waals surface area contributed by atoms with Crippen molar-refractivity contribution in [2.75, 3.05) is 5.32 Å². The lowest BCUT2D eigenvalue weighted by Crippen LogP contribution is -2.14. The molecule has 3 N–H and O–H groups in total. The number of nitrogens with one attached hydrogen (secondary N) is 2. The molecule has 0 radical (unpaired) electrons. The van der Waals surface area contributed by atoms with Gasteiger partial charge in [-0.05, 0) is 25.1 Å². The second kappa shape index (κ2) is 5.43. The molecule has 6 heteroatoms. The predicted octanol–water partition coefficient (Wildman–Crippen LogP) is 2.19. The molecule has 0 aliphatic rings. The van der Waals surface area contributed by atoms with Crippen LogP contribution in [0.3, 0.4) is 0 Å². The van der Waals surface area contributed by atoms with Gasteiger partial charge < -0.3 is 19.8 Å². The van der Waals surface area contributed by atoms with Crippen LogP contribution in [0.4, 0.5) is 5.69 Å². The van der Waals surface area contributed by atoms with Gasteiger partial charge in [-0.25, -0.2) is 4.79 Å². The lowest BCUT2D eigenvalue weighted by Gasteiger charge is -2.03. The van der Waals surface area contributed by atoms with Crippen molar-refractivity contribution < 1.29 is 19.1 Å². The Hall–Kier alpha value is -2.50. The van der Waals surface area contributed by atoms with E-state index in [1.54, 1.807) is 31.4 Å². The first-order valence-electron chi connectivity index (χ1n) is 5.81. The van der Waals surface area contributed by atoms with Crippen molar-refractivity contribution in [1.29, 1.82) is 0 Å². The number of anilines is 1. The Kier molecular flexibility index (Phi) is 3.70. The standard InChI is InChI=1S/C13H14N2O4/c1-8-7-10(12(14-8)13(17)18)15-11(16)5-4-9-3-2-6-19-9/h2-3,6-7,14H,4-5H2,1H3,(H,15,16)(H,17,18). The number of aryl methyl sites for hydroxylation is 2. The van der Waals surface area contributed by atoms with Gasteiger partial charge in [0.15, 0.2) is 0 Å². The zero-order valence-electron chi connectivity index (χ0n) is 10.4. The number of carboxylic acids is 1. The van der Waals surface area contributed by atoms with Crippen molar-refractivity contribution in [2.45, 2.75) is 19.8 Å². The van der Waals surface area contributed by atoms with E-state index in [2.05, 4.69) is 10.3 Å². The summed E-state index contributed by atoms with van der Waals surface area (Å²) in [6.45, 7) is 1.73. The van der Waals surface area contributed by atoms with E-state index in [1.165, 1.54) is 0 Å². The average molecular weight is 262 g/mol. The number of aromatic carboxylic acids is 1. The molecular formula is C13H14N2O4. The smallest absolute Gasteiger partial charge is 0.354 e. The van der Waals surface area contributed by atoms with Gasteiger partial charge in [-0.2, -0.15) is 0 Å². The van der Waals surface area contributed by atoms with Crippen LogP contribution in [0.1, 0.15) is 28.4 Å². The summed E-state index contributed by atoms with van der Waals surface area (Å²) in [5.74, 6) is -0.633. The molecule has 0 fully saturated rings. The molecule has 100 valence electrons. The van der Waals surface area contributed by atoms with E-state index in [0.29, 0.717) is 12.1 Å². The van der Waals surface area contributed by atoms with Gasteiger partial charge in [0.25, 0.3) is 0 Å². The highest BCUT2D eigenvalue weighted by Gasteiger charge is 2.15. The molecule has 6 nitrogen and oxygen atoms in total. The van der Waals surface area contributed by atoms with Crippen LogP contribution in [0.2, 0.25) is 0 Å². The molecular weight excluding hydrogens is 248 g/mol. The summed E-state index contributed by atoms with van der Waals surface area (Å²) in [5.41, 5.74) is 0.956. The summed E-state index contributed by atoms with van der Waals surface area (Å²) in [4.78, 5) is 25.4. The maximum Gasteiger partial charge on any atom is 0.354 e. The number of aromatic amines is 1. The third-order valence-electron chi connectivity index (χ3n) is 2.62. The molecule has 19 heavy (non-hydrogen) atoms. The molecule has 0 saturated heterocycles. The highest BCUT2D eigenvalue weighted by atomic mass is 16.4. The molecule has 2 aromatic rings. The number of carbonyl (C=O) groups excluding carboxylic acids is 1. The van der Waals surface area contributed by atoms with E-state index in [1.807, 2.05) is 0 Å². The van der Waals surface area contributed by atoms with Gasteiger partial charge in [-0.1, -0.05) is 0 Å². The Morgan fingerprint density at radius 2 is 2.26 bits per heavy atom. The van der Waals surface area contributed by atoms with Crippen LogP contribution >= 0.6 is 0 Å². The van der Waals surface area contributed by atoms with Crippen LogP contribution in [0.5, 0.6) is 0 Å². The van der Waals surface area contributed by atoms with Crippen molar-refractivity contribution in [1.82, 2.24) is 4.98 Å². The second-order valence-electron chi connectivity index (χ2n) is 4.17. The Balaban J connectivity index is 1.97. The zero-order chi connectivity index (χ0) is 13.8. The van der Waals surface area contributed by atoms with Gasteiger partial charge >= 0.3 is 5.97 Å². The van der Waals surface area contributed by atoms with Crippen LogP contribution in [-0.2, 0) is 11.2 Å². The Morgan fingerprint density at radius 3 is 2.89 bits per heavy atom. The quantitative estimate of drug-likeness (QED) is 0.769. The number of aromatic nitrogens is 1. The molecule has 0 bridgehead atoms. The number of hydrogen-bond donors (Lipinski definition) is 3. The van der Waals surface area contributed by atoms with Gasteiger partial charge in [0, 0.05) is 18.5 Å². The fraction of sp³-hybridized carbons (Fsp3) is 0.231. The first-order valence-corrected chi connectivity index (χ1v) is 5.81. The minimum absolute atomic E-state index is 0.0103. The van der Waals surface area contributed by atoms with Gasteiger partial charge in [0.1, 0.15) is 11.5 Å². The summed E-state index contributed by atoms with van der Waals surface area (Å²) in [6.07, 6.45) is 2.26. The number of rotatable bonds is 5. The van der Waals surface area contributed by atoms with Crippen molar-refractivity contribution >= 4 is 17.6 Å². The molecule has 0 unspecified atom stereocenters. The van der Waals surface area contributed by atoms with Crippen molar-refractivity contribution in [2.24, 2.45) is 0 Å². The van der Waals surface area contributed by atoms with E-state index in [0.717, 1.165) is 5.76 Å². The van der Waals surface area contributed by atoms with Crippen molar-refractivity contribution in [3.63, 3.8) is 0 Å². The minimum atomic E-state index is -1.10. The third-order valence-corrected chi connectivity index (χ3v) is 2.62. The van der Waals surface area contributed by atoms with Crippen LogP contribution in [0, 0.1) is 6.92 Å². The Labute approximate surface area is 109 Å². The summed E-state index contributed by atoms with van der Waals surface area (Å²) in [6, 6.07) is 5.13. The number of carboxylic acid groups (broad SMARTS) is 1. The second-order valence-corrected chi connectivity index (χ2v) is 4.17. The highest BCUT2D eigenvalue weighted by molar-refractivity contribution is 5.99. The summed E-state index contributed by atoms with van der Waals surface area (Å²) in [5, 5.41) is 11.6. The molecule has 2 aromatic heterocycles. The first kappa shape index (κ1) is 12.9.